The highest BCUT2D eigenvalue weighted by molar-refractivity contribution is 5.77. The fraction of sp³-hybridized carbons (Fsp3) is 0.400. The molecule has 0 saturated carbocycles. The number of aromatic nitrogens is 2. The van der Waals surface area contributed by atoms with Crippen molar-refractivity contribution in [2.24, 2.45) is 5.92 Å². The van der Waals surface area contributed by atoms with Crippen LogP contribution in [-0.2, 0) is 6.54 Å². The van der Waals surface area contributed by atoms with Crippen LogP contribution in [0, 0.1) is 11.7 Å². The summed E-state index contributed by atoms with van der Waals surface area (Å²) in [6.07, 6.45) is 2.73. The maximum atomic E-state index is 14.0. The zero-order valence-corrected chi connectivity index (χ0v) is 12.1. The molecule has 2 rings (SSSR count). The summed E-state index contributed by atoms with van der Waals surface area (Å²) >= 11 is 0. The van der Waals surface area contributed by atoms with Crippen LogP contribution in [0.1, 0.15) is 20.3 Å². The van der Waals surface area contributed by atoms with E-state index in [4.69, 9.17) is 10.5 Å². The number of aryl methyl sites for hydroxylation is 1. The Kier molecular flexibility index (Phi) is 4.27. The highest BCUT2D eigenvalue weighted by atomic mass is 19.1. The van der Waals surface area contributed by atoms with Gasteiger partial charge in [-0.1, -0.05) is 19.9 Å². The molecule has 0 fully saturated rings. The van der Waals surface area contributed by atoms with Crippen LogP contribution < -0.4 is 10.5 Å². The summed E-state index contributed by atoms with van der Waals surface area (Å²) in [5, 5.41) is 4.39. The Labute approximate surface area is 118 Å². The molecule has 0 atom stereocenters. The first kappa shape index (κ1) is 14.4. The van der Waals surface area contributed by atoms with Crippen LogP contribution in [0.15, 0.2) is 24.4 Å². The number of hydrogen-bond donors (Lipinski definition) is 1. The number of halogens is 1. The molecule has 1 aromatic carbocycles. The fourth-order valence-electron chi connectivity index (χ4n) is 2.04. The van der Waals surface area contributed by atoms with Crippen molar-refractivity contribution in [1.29, 1.82) is 0 Å². The second-order valence-corrected chi connectivity index (χ2v) is 5.20. The smallest absolute Gasteiger partial charge is 0.136 e. The maximum absolute atomic E-state index is 14.0. The Hall–Kier alpha value is -2.04. The van der Waals surface area contributed by atoms with E-state index in [2.05, 4.69) is 18.9 Å². The van der Waals surface area contributed by atoms with Crippen LogP contribution in [0.25, 0.3) is 11.3 Å². The molecule has 0 unspecified atom stereocenters. The molecule has 5 heteroatoms. The SMILES string of the molecule is COc1cccc(F)c1-c1nn(CCC(C)C)cc1N. The molecule has 0 aliphatic rings. The first-order valence-corrected chi connectivity index (χ1v) is 6.68. The van der Waals surface area contributed by atoms with Gasteiger partial charge in [0.15, 0.2) is 0 Å². The van der Waals surface area contributed by atoms with Gasteiger partial charge in [0.2, 0.25) is 0 Å². The van der Waals surface area contributed by atoms with E-state index in [0.717, 1.165) is 13.0 Å². The van der Waals surface area contributed by atoms with Gasteiger partial charge in [0, 0.05) is 12.7 Å². The third-order valence-corrected chi connectivity index (χ3v) is 3.16. The van der Waals surface area contributed by atoms with Crippen LogP contribution in [0.5, 0.6) is 5.75 Å². The number of anilines is 1. The molecule has 0 bridgehead atoms. The minimum atomic E-state index is -0.384. The van der Waals surface area contributed by atoms with Gasteiger partial charge in [-0.3, -0.25) is 4.68 Å². The normalized spacial score (nSPS) is 11.1. The summed E-state index contributed by atoms with van der Waals surface area (Å²) in [6.45, 7) is 5.06. The molecular weight excluding hydrogens is 257 g/mol. The quantitative estimate of drug-likeness (QED) is 0.912. The fourth-order valence-corrected chi connectivity index (χ4v) is 2.04. The number of rotatable bonds is 5. The molecule has 0 saturated heterocycles. The Morgan fingerprint density at radius 2 is 2.15 bits per heavy atom. The third kappa shape index (κ3) is 2.92. The van der Waals surface area contributed by atoms with Crippen molar-refractivity contribution >= 4 is 5.69 Å². The van der Waals surface area contributed by atoms with Crippen LogP contribution >= 0.6 is 0 Å². The predicted molar refractivity (Wildman–Crippen MR) is 78.0 cm³/mol. The lowest BCUT2D eigenvalue weighted by Crippen LogP contribution is -2.02. The lowest BCUT2D eigenvalue weighted by atomic mass is 10.1. The summed E-state index contributed by atoms with van der Waals surface area (Å²) < 4.78 is 21.0. The molecule has 0 aliphatic carbocycles. The number of benzene rings is 1. The van der Waals surface area contributed by atoms with Gasteiger partial charge in [-0.2, -0.15) is 5.10 Å². The molecule has 2 aromatic rings. The summed E-state index contributed by atoms with van der Waals surface area (Å²) in [5.74, 6) is 0.628. The van der Waals surface area contributed by atoms with Crippen LogP contribution in [0.3, 0.4) is 0 Å². The number of methoxy groups -OCH3 is 1. The third-order valence-electron chi connectivity index (χ3n) is 3.16. The van der Waals surface area contributed by atoms with Gasteiger partial charge < -0.3 is 10.5 Å². The maximum Gasteiger partial charge on any atom is 0.136 e. The summed E-state index contributed by atoms with van der Waals surface area (Å²) in [6, 6.07) is 4.68. The molecular formula is C15H20FN3O. The number of nitrogens with zero attached hydrogens (tertiary/aromatic N) is 2. The van der Waals surface area contributed by atoms with E-state index in [1.165, 1.54) is 13.2 Å². The van der Waals surface area contributed by atoms with Gasteiger partial charge in [-0.25, -0.2) is 4.39 Å². The molecule has 1 heterocycles. The van der Waals surface area contributed by atoms with Crippen molar-refractivity contribution in [1.82, 2.24) is 9.78 Å². The van der Waals surface area contributed by atoms with Crippen LogP contribution in [-0.4, -0.2) is 16.9 Å². The zero-order valence-electron chi connectivity index (χ0n) is 12.1. The van der Waals surface area contributed by atoms with Gasteiger partial charge in [0.05, 0.1) is 18.4 Å². The molecule has 2 N–H and O–H groups in total. The van der Waals surface area contributed by atoms with E-state index in [1.54, 1.807) is 23.0 Å². The molecule has 0 amide bonds. The monoisotopic (exact) mass is 277 g/mol. The molecule has 1 aromatic heterocycles. The Bertz CT molecular complexity index is 593. The highest BCUT2D eigenvalue weighted by Crippen LogP contribution is 2.34. The molecule has 0 aliphatic heterocycles. The van der Waals surface area contributed by atoms with Crippen LogP contribution in [0.2, 0.25) is 0 Å². The van der Waals surface area contributed by atoms with E-state index in [1.807, 2.05) is 0 Å². The van der Waals surface area contributed by atoms with Crippen molar-refractivity contribution in [2.75, 3.05) is 12.8 Å². The van der Waals surface area contributed by atoms with Crippen molar-refractivity contribution in [3.05, 3.63) is 30.2 Å². The number of nitrogen functional groups attached to an aromatic ring is 1. The number of hydrogen-bond acceptors (Lipinski definition) is 3. The highest BCUT2D eigenvalue weighted by Gasteiger charge is 2.17. The minimum Gasteiger partial charge on any atom is -0.496 e. The Balaban J connectivity index is 2.38. The van der Waals surface area contributed by atoms with Gasteiger partial charge >= 0.3 is 0 Å². The van der Waals surface area contributed by atoms with Crippen molar-refractivity contribution in [3.8, 4) is 17.0 Å². The van der Waals surface area contributed by atoms with E-state index < -0.39 is 0 Å². The van der Waals surface area contributed by atoms with E-state index >= 15 is 0 Å². The molecule has 0 radical (unpaired) electrons. The van der Waals surface area contributed by atoms with E-state index in [-0.39, 0.29) is 5.82 Å². The lowest BCUT2D eigenvalue weighted by Gasteiger charge is -2.08. The molecule has 4 nitrogen and oxygen atoms in total. The topological polar surface area (TPSA) is 53.1 Å². The predicted octanol–water partition coefficient (Wildman–Crippen LogP) is 3.33. The molecule has 108 valence electrons. The average Bonchev–Trinajstić information content (AvgIpc) is 2.77. The summed E-state index contributed by atoms with van der Waals surface area (Å²) in [4.78, 5) is 0. The standard InChI is InChI=1S/C15H20FN3O/c1-10(2)7-8-19-9-12(17)15(18-19)14-11(16)5-4-6-13(14)20-3/h4-6,9-10H,7-8,17H2,1-3H3. The van der Waals surface area contributed by atoms with Crippen molar-refractivity contribution in [2.45, 2.75) is 26.8 Å². The van der Waals surface area contributed by atoms with Gasteiger partial charge in [0.1, 0.15) is 17.3 Å². The molecule has 0 spiro atoms. The first-order valence-electron chi connectivity index (χ1n) is 6.68. The Morgan fingerprint density at radius 1 is 1.40 bits per heavy atom. The van der Waals surface area contributed by atoms with E-state index in [0.29, 0.717) is 28.6 Å². The molecule has 20 heavy (non-hydrogen) atoms. The van der Waals surface area contributed by atoms with Gasteiger partial charge in [-0.05, 0) is 24.5 Å². The number of nitrogens with two attached hydrogens (primary N) is 1. The Morgan fingerprint density at radius 3 is 2.80 bits per heavy atom. The summed E-state index contributed by atoms with van der Waals surface area (Å²) in [5.41, 5.74) is 7.17. The largest absolute Gasteiger partial charge is 0.496 e. The van der Waals surface area contributed by atoms with Gasteiger partial charge in [-0.15, -0.1) is 0 Å². The van der Waals surface area contributed by atoms with Crippen molar-refractivity contribution < 1.29 is 9.13 Å². The minimum absolute atomic E-state index is 0.316. The second-order valence-electron chi connectivity index (χ2n) is 5.20. The average molecular weight is 277 g/mol. The first-order chi connectivity index (χ1) is 9.52. The lowest BCUT2D eigenvalue weighted by molar-refractivity contribution is 0.413. The van der Waals surface area contributed by atoms with Crippen LogP contribution in [0.4, 0.5) is 10.1 Å². The van der Waals surface area contributed by atoms with Crippen molar-refractivity contribution in [3.63, 3.8) is 0 Å². The zero-order chi connectivity index (χ0) is 14.7. The van der Waals surface area contributed by atoms with E-state index in [9.17, 15) is 4.39 Å². The number of ether oxygens (including phenoxy) is 1. The van der Waals surface area contributed by atoms with Gasteiger partial charge in [0.25, 0.3) is 0 Å². The summed E-state index contributed by atoms with van der Waals surface area (Å²) in [7, 11) is 1.50. The second kappa shape index (κ2) is 5.94.